The molecule has 0 saturated carbocycles. The predicted octanol–water partition coefficient (Wildman–Crippen LogP) is 4.33. The molecule has 2 heterocycles. The van der Waals surface area contributed by atoms with Crippen molar-refractivity contribution in [2.24, 2.45) is 0 Å². The summed E-state index contributed by atoms with van der Waals surface area (Å²) in [6.07, 6.45) is 6.14. The van der Waals surface area contributed by atoms with E-state index in [1.807, 2.05) is 18.5 Å². The normalized spacial score (nSPS) is 14.0. The molecule has 0 aliphatic carbocycles. The van der Waals surface area contributed by atoms with Gasteiger partial charge >= 0.3 is 0 Å². The van der Waals surface area contributed by atoms with E-state index in [1.165, 1.54) is 27.7 Å². The Kier molecular flexibility index (Phi) is 3.19. The zero-order valence-electron chi connectivity index (χ0n) is 12.6. The Morgan fingerprint density at radius 2 is 1.95 bits per heavy atom. The third kappa shape index (κ3) is 2.10. The van der Waals surface area contributed by atoms with Crippen LogP contribution in [0.15, 0.2) is 54.9 Å². The number of aromatic nitrogens is 1. The van der Waals surface area contributed by atoms with Crippen molar-refractivity contribution in [3.05, 3.63) is 60.4 Å². The lowest BCUT2D eigenvalue weighted by molar-refractivity contribution is 0.414. The molecular formula is C19H18N2O. The lowest BCUT2D eigenvalue weighted by atomic mass is 10.00. The highest BCUT2D eigenvalue weighted by atomic mass is 16.5. The summed E-state index contributed by atoms with van der Waals surface area (Å²) in [5.41, 5.74) is 3.80. The number of rotatable bonds is 2. The van der Waals surface area contributed by atoms with Crippen molar-refractivity contribution in [1.29, 1.82) is 0 Å². The first kappa shape index (κ1) is 13.1. The minimum absolute atomic E-state index is 0.927. The van der Waals surface area contributed by atoms with E-state index in [9.17, 15) is 0 Å². The zero-order chi connectivity index (χ0) is 14.9. The van der Waals surface area contributed by atoms with Crippen molar-refractivity contribution in [3.63, 3.8) is 0 Å². The Hall–Kier alpha value is -2.55. The maximum Gasteiger partial charge on any atom is 0.119 e. The molecule has 22 heavy (non-hydrogen) atoms. The van der Waals surface area contributed by atoms with Crippen molar-refractivity contribution < 1.29 is 4.74 Å². The van der Waals surface area contributed by atoms with Crippen LogP contribution in [0.5, 0.6) is 5.75 Å². The van der Waals surface area contributed by atoms with Gasteiger partial charge in [0.05, 0.1) is 19.0 Å². The van der Waals surface area contributed by atoms with Crippen LogP contribution in [0, 0.1) is 0 Å². The molecule has 0 unspecified atom stereocenters. The van der Waals surface area contributed by atoms with Gasteiger partial charge in [0, 0.05) is 29.2 Å². The number of methoxy groups -OCH3 is 1. The standard InChI is InChI=1S/C19H18N2O/c1-22-16-8-9-18-14(11-16)6-4-10-21(18)19-13-20-12-15-5-2-3-7-17(15)19/h2-3,5,7-9,11-13H,4,6,10H2,1H3. The van der Waals surface area contributed by atoms with Crippen LogP contribution in [0.25, 0.3) is 10.8 Å². The molecule has 1 aliphatic heterocycles. The van der Waals surface area contributed by atoms with Crippen LogP contribution in [-0.4, -0.2) is 18.6 Å². The number of aryl methyl sites for hydroxylation is 1. The SMILES string of the molecule is COc1ccc2c(c1)CCCN2c1cncc2ccccc12. The maximum atomic E-state index is 5.36. The summed E-state index contributed by atoms with van der Waals surface area (Å²) in [7, 11) is 1.72. The third-order valence-electron chi connectivity index (χ3n) is 4.34. The summed E-state index contributed by atoms with van der Waals surface area (Å²) in [5, 5.41) is 2.43. The summed E-state index contributed by atoms with van der Waals surface area (Å²) < 4.78 is 5.36. The minimum atomic E-state index is 0.927. The summed E-state index contributed by atoms with van der Waals surface area (Å²) in [6.45, 7) is 1.02. The summed E-state index contributed by atoms with van der Waals surface area (Å²) in [5.74, 6) is 0.927. The van der Waals surface area contributed by atoms with Gasteiger partial charge in [0.25, 0.3) is 0 Å². The molecule has 0 N–H and O–H groups in total. The largest absolute Gasteiger partial charge is 0.497 e. The molecule has 0 radical (unpaired) electrons. The van der Waals surface area contributed by atoms with Crippen LogP contribution < -0.4 is 9.64 Å². The van der Waals surface area contributed by atoms with E-state index < -0.39 is 0 Å². The maximum absolute atomic E-state index is 5.36. The minimum Gasteiger partial charge on any atom is -0.497 e. The van der Waals surface area contributed by atoms with Gasteiger partial charge in [0.15, 0.2) is 0 Å². The fourth-order valence-electron chi connectivity index (χ4n) is 3.27. The van der Waals surface area contributed by atoms with E-state index in [2.05, 4.69) is 46.3 Å². The average Bonchev–Trinajstić information content (AvgIpc) is 2.60. The Labute approximate surface area is 130 Å². The van der Waals surface area contributed by atoms with E-state index in [-0.39, 0.29) is 0 Å². The second kappa shape index (κ2) is 5.34. The van der Waals surface area contributed by atoms with Crippen molar-refractivity contribution in [2.45, 2.75) is 12.8 Å². The molecule has 1 aromatic heterocycles. The van der Waals surface area contributed by atoms with E-state index in [0.29, 0.717) is 0 Å². The predicted molar refractivity (Wildman–Crippen MR) is 90.1 cm³/mol. The van der Waals surface area contributed by atoms with Crippen molar-refractivity contribution in [3.8, 4) is 5.75 Å². The average molecular weight is 290 g/mol. The Morgan fingerprint density at radius 3 is 2.86 bits per heavy atom. The first-order chi connectivity index (χ1) is 10.9. The number of nitrogens with zero attached hydrogens (tertiary/aromatic N) is 2. The number of hydrogen-bond acceptors (Lipinski definition) is 3. The second-order valence-corrected chi connectivity index (χ2v) is 5.63. The first-order valence-corrected chi connectivity index (χ1v) is 7.64. The smallest absolute Gasteiger partial charge is 0.119 e. The highest BCUT2D eigenvalue weighted by Gasteiger charge is 2.20. The van der Waals surface area contributed by atoms with Crippen molar-refractivity contribution in [1.82, 2.24) is 4.98 Å². The lowest BCUT2D eigenvalue weighted by Crippen LogP contribution is -2.24. The van der Waals surface area contributed by atoms with Crippen LogP contribution in [0.2, 0.25) is 0 Å². The number of pyridine rings is 1. The second-order valence-electron chi connectivity index (χ2n) is 5.63. The van der Waals surface area contributed by atoms with Crippen LogP contribution in [0.4, 0.5) is 11.4 Å². The van der Waals surface area contributed by atoms with Gasteiger partial charge in [0.2, 0.25) is 0 Å². The molecule has 0 amide bonds. The summed E-state index contributed by atoms with van der Waals surface area (Å²) in [4.78, 5) is 6.81. The fraction of sp³-hybridized carbons (Fsp3) is 0.211. The van der Waals surface area contributed by atoms with Crippen LogP contribution >= 0.6 is 0 Å². The molecule has 0 spiro atoms. The van der Waals surface area contributed by atoms with Crippen LogP contribution in [0.1, 0.15) is 12.0 Å². The van der Waals surface area contributed by atoms with E-state index in [0.717, 1.165) is 25.1 Å². The van der Waals surface area contributed by atoms with E-state index in [4.69, 9.17) is 4.74 Å². The number of hydrogen-bond donors (Lipinski definition) is 0. The number of fused-ring (bicyclic) bond motifs is 2. The van der Waals surface area contributed by atoms with E-state index >= 15 is 0 Å². The molecule has 1 aliphatic rings. The van der Waals surface area contributed by atoms with Gasteiger partial charge in [-0.15, -0.1) is 0 Å². The molecule has 0 atom stereocenters. The van der Waals surface area contributed by atoms with Gasteiger partial charge in [-0.05, 0) is 36.6 Å². The van der Waals surface area contributed by atoms with Crippen molar-refractivity contribution in [2.75, 3.05) is 18.6 Å². The molecule has 3 aromatic rings. The molecule has 0 bridgehead atoms. The lowest BCUT2D eigenvalue weighted by Gasteiger charge is -2.32. The van der Waals surface area contributed by atoms with E-state index in [1.54, 1.807) is 7.11 Å². The molecule has 2 aromatic carbocycles. The third-order valence-corrected chi connectivity index (χ3v) is 4.34. The Morgan fingerprint density at radius 1 is 1.05 bits per heavy atom. The molecule has 3 heteroatoms. The number of anilines is 2. The van der Waals surface area contributed by atoms with Crippen LogP contribution in [-0.2, 0) is 6.42 Å². The number of benzene rings is 2. The van der Waals surface area contributed by atoms with Crippen molar-refractivity contribution >= 4 is 22.1 Å². The highest BCUT2D eigenvalue weighted by Crippen LogP contribution is 2.38. The molecular weight excluding hydrogens is 272 g/mol. The molecule has 110 valence electrons. The van der Waals surface area contributed by atoms with Gasteiger partial charge in [-0.25, -0.2) is 0 Å². The molecule has 0 fully saturated rings. The molecule has 4 rings (SSSR count). The molecule has 0 saturated heterocycles. The summed E-state index contributed by atoms with van der Waals surface area (Å²) in [6, 6.07) is 14.8. The first-order valence-electron chi connectivity index (χ1n) is 7.64. The van der Waals surface area contributed by atoms with Gasteiger partial charge in [0.1, 0.15) is 5.75 Å². The van der Waals surface area contributed by atoms with Gasteiger partial charge in [-0.2, -0.15) is 0 Å². The molecule has 3 nitrogen and oxygen atoms in total. The number of ether oxygens (including phenoxy) is 1. The topological polar surface area (TPSA) is 25.4 Å². The van der Waals surface area contributed by atoms with Gasteiger partial charge < -0.3 is 9.64 Å². The zero-order valence-corrected chi connectivity index (χ0v) is 12.6. The van der Waals surface area contributed by atoms with Gasteiger partial charge in [-0.3, -0.25) is 4.98 Å². The monoisotopic (exact) mass is 290 g/mol. The Bertz CT molecular complexity index is 823. The Balaban J connectivity index is 1.87. The quantitative estimate of drug-likeness (QED) is 0.702. The van der Waals surface area contributed by atoms with Crippen LogP contribution in [0.3, 0.4) is 0 Å². The fourth-order valence-corrected chi connectivity index (χ4v) is 3.27. The summed E-state index contributed by atoms with van der Waals surface area (Å²) >= 11 is 0. The van der Waals surface area contributed by atoms with Gasteiger partial charge in [-0.1, -0.05) is 24.3 Å². The highest BCUT2D eigenvalue weighted by molar-refractivity contribution is 5.95.